The summed E-state index contributed by atoms with van der Waals surface area (Å²) in [5.41, 5.74) is 4.59. The van der Waals surface area contributed by atoms with E-state index in [1.807, 2.05) is 30.3 Å². The van der Waals surface area contributed by atoms with Gasteiger partial charge in [0.25, 0.3) is 5.91 Å². The predicted molar refractivity (Wildman–Crippen MR) is 119 cm³/mol. The molecule has 31 heavy (non-hydrogen) atoms. The van der Waals surface area contributed by atoms with Crippen LogP contribution in [0.15, 0.2) is 96.6 Å². The van der Waals surface area contributed by atoms with Gasteiger partial charge in [-0.25, -0.2) is 10.2 Å². The molecule has 3 rings (SSSR count). The lowest BCUT2D eigenvalue weighted by atomic mass is 10.1. The molecule has 0 saturated heterocycles. The normalized spacial score (nSPS) is 10.5. The van der Waals surface area contributed by atoms with E-state index in [2.05, 4.69) is 17.1 Å². The van der Waals surface area contributed by atoms with Crippen LogP contribution in [0.2, 0.25) is 0 Å². The first-order valence-corrected chi connectivity index (χ1v) is 9.66. The number of ether oxygens (including phenoxy) is 2. The Kier molecular flexibility index (Phi) is 7.71. The third-order valence-corrected chi connectivity index (χ3v) is 4.20. The lowest BCUT2D eigenvalue weighted by Crippen LogP contribution is -2.24. The lowest BCUT2D eigenvalue weighted by molar-refractivity contribution is -0.123. The average Bonchev–Trinajstić information content (AvgIpc) is 2.80. The van der Waals surface area contributed by atoms with Gasteiger partial charge in [0.05, 0.1) is 11.8 Å². The molecular formula is C25H22N2O4. The van der Waals surface area contributed by atoms with E-state index < -0.39 is 5.97 Å². The highest BCUT2D eigenvalue weighted by molar-refractivity contribution is 5.91. The van der Waals surface area contributed by atoms with Crippen molar-refractivity contribution in [2.75, 3.05) is 6.61 Å². The Morgan fingerprint density at radius 2 is 1.65 bits per heavy atom. The minimum atomic E-state index is -0.427. The molecule has 0 aromatic heterocycles. The number of benzene rings is 3. The number of para-hydroxylation sites is 1. The summed E-state index contributed by atoms with van der Waals surface area (Å²) in [4.78, 5) is 24.0. The lowest BCUT2D eigenvalue weighted by Gasteiger charge is -2.09. The summed E-state index contributed by atoms with van der Waals surface area (Å²) >= 11 is 0. The Morgan fingerprint density at radius 3 is 2.39 bits per heavy atom. The summed E-state index contributed by atoms with van der Waals surface area (Å²) in [6.07, 6.45) is 3.93. The van der Waals surface area contributed by atoms with E-state index in [4.69, 9.17) is 9.47 Å². The van der Waals surface area contributed by atoms with E-state index >= 15 is 0 Å². The van der Waals surface area contributed by atoms with Gasteiger partial charge >= 0.3 is 5.97 Å². The predicted octanol–water partition coefficient (Wildman–Crippen LogP) is 4.16. The summed E-state index contributed by atoms with van der Waals surface area (Å²) in [6, 6.07) is 23.0. The first kappa shape index (κ1) is 21.5. The van der Waals surface area contributed by atoms with E-state index in [1.54, 1.807) is 54.6 Å². The number of carbonyl (C=O) groups excluding carboxylic acids is 2. The van der Waals surface area contributed by atoms with Crippen LogP contribution in [0, 0.1) is 0 Å². The summed E-state index contributed by atoms with van der Waals surface area (Å²) < 4.78 is 10.9. The number of nitrogens with one attached hydrogen (secondary N) is 1. The molecule has 1 amide bonds. The van der Waals surface area contributed by atoms with Crippen LogP contribution in [-0.2, 0) is 11.2 Å². The van der Waals surface area contributed by atoms with Crippen LogP contribution in [0.25, 0.3) is 0 Å². The Bertz CT molecular complexity index is 1060. The molecule has 0 bridgehead atoms. The third-order valence-electron chi connectivity index (χ3n) is 4.20. The number of carbonyl (C=O) groups is 2. The van der Waals surface area contributed by atoms with Crippen molar-refractivity contribution in [1.29, 1.82) is 0 Å². The maximum Gasteiger partial charge on any atom is 0.343 e. The minimum absolute atomic E-state index is 0.153. The van der Waals surface area contributed by atoms with Crippen LogP contribution in [0.4, 0.5) is 0 Å². The van der Waals surface area contributed by atoms with Gasteiger partial charge in [0.15, 0.2) is 6.61 Å². The molecule has 0 radical (unpaired) electrons. The van der Waals surface area contributed by atoms with E-state index in [0.29, 0.717) is 23.5 Å². The van der Waals surface area contributed by atoms with Crippen LogP contribution < -0.4 is 14.9 Å². The molecule has 3 aromatic carbocycles. The summed E-state index contributed by atoms with van der Waals surface area (Å²) in [6.45, 7) is 3.56. The SMILES string of the molecule is C=CCc1ccccc1OCC(=O)NN=Cc1ccc(OC(=O)c2ccccc2)cc1. The topological polar surface area (TPSA) is 77.0 Å². The van der Waals surface area contributed by atoms with Crippen LogP contribution in [0.1, 0.15) is 21.5 Å². The highest BCUT2D eigenvalue weighted by Gasteiger charge is 2.07. The molecule has 0 saturated carbocycles. The molecule has 0 spiro atoms. The Balaban J connectivity index is 1.47. The molecule has 156 valence electrons. The number of amides is 1. The molecule has 1 N–H and O–H groups in total. The smallest absolute Gasteiger partial charge is 0.343 e. The van der Waals surface area contributed by atoms with Crippen LogP contribution >= 0.6 is 0 Å². The van der Waals surface area contributed by atoms with E-state index in [0.717, 1.165) is 11.1 Å². The summed E-state index contributed by atoms with van der Waals surface area (Å²) in [5.74, 6) is 0.255. The molecule has 0 fully saturated rings. The van der Waals surface area contributed by atoms with Crippen LogP contribution in [-0.4, -0.2) is 24.7 Å². The van der Waals surface area contributed by atoms with Crippen molar-refractivity contribution >= 4 is 18.1 Å². The second kappa shape index (κ2) is 11.1. The zero-order valence-corrected chi connectivity index (χ0v) is 16.9. The van der Waals surface area contributed by atoms with E-state index in [1.165, 1.54) is 6.21 Å². The zero-order valence-electron chi connectivity index (χ0n) is 16.9. The molecular weight excluding hydrogens is 392 g/mol. The van der Waals surface area contributed by atoms with Gasteiger partial charge in [-0.3, -0.25) is 4.79 Å². The van der Waals surface area contributed by atoms with Crippen LogP contribution in [0.5, 0.6) is 11.5 Å². The number of hydrogen-bond acceptors (Lipinski definition) is 5. The molecule has 0 aliphatic carbocycles. The van der Waals surface area contributed by atoms with Crippen molar-refractivity contribution in [3.05, 3.63) is 108 Å². The highest BCUT2D eigenvalue weighted by atomic mass is 16.5. The zero-order chi connectivity index (χ0) is 21.9. The molecule has 0 aliphatic heterocycles. The van der Waals surface area contributed by atoms with Gasteiger partial charge in [-0.05, 0) is 60.0 Å². The number of rotatable bonds is 9. The maximum atomic E-state index is 12.1. The Hall–Kier alpha value is -4.19. The van der Waals surface area contributed by atoms with Gasteiger partial charge in [-0.1, -0.05) is 42.5 Å². The standard InChI is InChI=1S/C25H22N2O4/c1-2-8-20-9-6-7-12-23(20)30-18-24(28)27-26-17-19-13-15-22(16-14-19)31-25(29)21-10-4-3-5-11-21/h2-7,9-17H,1,8,18H2,(H,27,28). The largest absolute Gasteiger partial charge is 0.483 e. The highest BCUT2D eigenvalue weighted by Crippen LogP contribution is 2.18. The molecule has 6 nitrogen and oxygen atoms in total. The van der Waals surface area contributed by atoms with Crippen molar-refractivity contribution in [1.82, 2.24) is 5.43 Å². The van der Waals surface area contributed by atoms with Gasteiger partial charge in [0, 0.05) is 0 Å². The first-order valence-electron chi connectivity index (χ1n) is 9.66. The molecule has 6 heteroatoms. The minimum Gasteiger partial charge on any atom is -0.483 e. The Morgan fingerprint density at radius 1 is 0.935 bits per heavy atom. The summed E-state index contributed by atoms with van der Waals surface area (Å²) in [7, 11) is 0. The van der Waals surface area contributed by atoms with Crippen LogP contribution in [0.3, 0.4) is 0 Å². The fourth-order valence-electron chi connectivity index (χ4n) is 2.69. The van der Waals surface area contributed by atoms with E-state index in [9.17, 15) is 9.59 Å². The van der Waals surface area contributed by atoms with Gasteiger partial charge in [-0.2, -0.15) is 5.10 Å². The monoisotopic (exact) mass is 414 g/mol. The second-order valence-electron chi connectivity index (χ2n) is 6.51. The van der Waals surface area contributed by atoms with E-state index in [-0.39, 0.29) is 12.5 Å². The van der Waals surface area contributed by atoms with Crippen molar-refractivity contribution in [3.8, 4) is 11.5 Å². The fourth-order valence-corrected chi connectivity index (χ4v) is 2.69. The number of allylic oxidation sites excluding steroid dienone is 1. The Labute approximate surface area is 180 Å². The van der Waals surface area contributed by atoms with Gasteiger partial charge in [-0.15, -0.1) is 6.58 Å². The van der Waals surface area contributed by atoms with Crippen molar-refractivity contribution < 1.29 is 19.1 Å². The maximum absolute atomic E-state index is 12.1. The molecule has 0 atom stereocenters. The number of hydrazone groups is 1. The third kappa shape index (κ3) is 6.68. The number of nitrogens with zero attached hydrogens (tertiary/aromatic N) is 1. The average molecular weight is 414 g/mol. The quantitative estimate of drug-likeness (QED) is 0.188. The van der Waals surface area contributed by atoms with Crippen molar-refractivity contribution in [2.24, 2.45) is 5.10 Å². The van der Waals surface area contributed by atoms with Gasteiger partial charge < -0.3 is 9.47 Å². The second-order valence-corrected chi connectivity index (χ2v) is 6.51. The van der Waals surface area contributed by atoms with Crippen molar-refractivity contribution in [3.63, 3.8) is 0 Å². The summed E-state index contributed by atoms with van der Waals surface area (Å²) in [5, 5.41) is 3.92. The van der Waals surface area contributed by atoms with Gasteiger partial charge in [0.2, 0.25) is 0 Å². The molecule has 3 aromatic rings. The number of esters is 1. The van der Waals surface area contributed by atoms with Crippen molar-refractivity contribution in [2.45, 2.75) is 6.42 Å². The molecule has 0 unspecified atom stereocenters. The fraction of sp³-hybridized carbons (Fsp3) is 0.0800. The van der Waals surface area contributed by atoms with Gasteiger partial charge in [0.1, 0.15) is 11.5 Å². The number of hydrogen-bond donors (Lipinski definition) is 1. The molecule has 0 aliphatic rings. The first-order chi connectivity index (χ1) is 15.2. The molecule has 0 heterocycles.